The van der Waals surface area contributed by atoms with Gasteiger partial charge in [0.1, 0.15) is 5.60 Å². The van der Waals surface area contributed by atoms with Gasteiger partial charge in [0.25, 0.3) is 5.56 Å². The molecule has 1 aromatic heterocycles. The van der Waals surface area contributed by atoms with E-state index < -0.39 is 5.60 Å². The van der Waals surface area contributed by atoms with Crippen LogP contribution < -0.4 is 10.5 Å². The first-order valence-electron chi connectivity index (χ1n) is 9.36. The normalized spacial score (nSPS) is 20.6. The highest BCUT2D eigenvalue weighted by Gasteiger charge is 2.47. The largest absolute Gasteiger partial charge is 0.450 e. The second-order valence-electron chi connectivity index (χ2n) is 7.44. The fourth-order valence-electron chi connectivity index (χ4n) is 4.54. The molecule has 1 saturated heterocycles. The first-order valence-corrected chi connectivity index (χ1v) is 9.36. The van der Waals surface area contributed by atoms with Crippen LogP contribution in [-0.2, 0) is 23.2 Å². The zero-order chi connectivity index (χ0) is 17.7. The first-order chi connectivity index (χ1) is 12.7. The summed E-state index contributed by atoms with van der Waals surface area (Å²) < 4.78 is 5.80. The number of fused-ring (bicyclic) bond motifs is 3. The van der Waals surface area contributed by atoms with E-state index in [9.17, 15) is 9.59 Å². The third-order valence-electron chi connectivity index (χ3n) is 5.98. The zero-order valence-electron chi connectivity index (χ0n) is 14.6. The van der Waals surface area contributed by atoms with Crippen LogP contribution in [0.2, 0.25) is 0 Å². The molecular weight excluding hydrogens is 330 g/mol. The molecule has 0 saturated carbocycles. The predicted molar refractivity (Wildman–Crippen MR) is 96.5 cm³/mol. The molecule has 0 atom stereocenters. The van der Waals surface area contributed by atoms with Crippen molar-refractivity contribution < 1.29 is 9.53 Å². The van der Waals surface area contributed by atoms with Crippen LogP contribution >= 0.6 is 0 Å². The molecule has 0 amide bonds. The highest BCUT2D eigenvalue weighted by Crippen LogP contribution is 2.44. The number of nitrogens with one attached hydrogen (secondary N) is 1. The zero-order valence-corrected chi connectivity index (χ0v) is 14.6. The van der Waals surface area contributed by atoms with E-state index in [4.69, 9.17) is 9.72 Å². The van der Waals surface area contributed by atoms with Crippen molar-refractivity contribution in [1.29, 1.82) is 0 Å². The van der Waals surface area contributed by atoms with Gasteiger partial charge in [-0.3, -0.25) is 9.78 Å². The van der Waals surface area contributed by atoms with E-state index in [1.165, 1.54) is 0 Å². The maximum atomic E-state index is 12.4. The van der Waals surface area contributed by atoms with E-state index in [0.29, 0.717) is 37.4 Å². The maximum Gasteiger partial charge on any atom is 0.339 e. The smallest absolute Gasteiger partial charge is 0.339 e. The van der Waals surface area contributed by atoms with Gasteiger partial charge in [-0.15, -0.1) is 0 Å². The molecule has 2 aromatic rings. The Balaban J connectivity index is 1.41. The molecule has 1 spiro atoms. The summed E-state index contributed by atoms with van der Waals surface area (Å²) in [5.41, 5.74) is 2.96. The summed E-state index contributed by atoms with van der Waals surface area (Å²) >= 11 is 0. The Labute approximate surface area is 151 Å². The minimum atomic E-state index is -0.529. The minimum absolute atomic E-state index is 0.00243. The molecule has 0 unspecified atom stereocenters. The van der Waals surface area contributed by atoms with Gasteiger partial charge in [-0.25, -0.2) is 9.78 Å². The van der Waals surface area contributed by atoms with Gasteiger partial charge in [-0.05, 0) is 31.7 Å². The molecular formula is C20H21N3O3. The number of ether oxygens (including phenoxy) is 1. The van der Waals surface area contributed by atoms with E-state index in [0.717, 1.165) is 42.5 Å². The Bertz CT molecular complexity index is 942. The van der Waals surface area contributed by atoms with Crippen molar-refractivity contribution in [1.82, 2.24) is 9.97 Å². The fraction of sp³-hybridized carbons (Fsp3) is 0.450. The number of aromatic nitrogens is 2. The summed E-state index contributed by atoms with van der Waals surface area (Å²) in [6, 6.07) is 7.66. The number of H-pyrrole nitrogens is 1. The highest BCUT2D eigenvalue weighted by molar-refractivity contribution is 5.94. The van der Waals surface area contributed by atoms with Gasteiger partial charge in [0.05, 0.1) is 11.3 Å². The Hall–Kier alpha value is -2.63. The first kappa shape index (κ1) is 15.6. The predicted octanol–water partition coefficient (Wildman–Crippen LogP) is 2.31. The summed E-state index contributed by atoms with van der Waals surface area (Å²) in [6.07, 6.45) is 5.28. The lowest BCUT2D eigenvalue weighted by atomic mass is 9.84. The third-order valence-corrected chi connectivity index (χ3v) is 5.98. The van der Waals surface area contributed by atoms with Crippen molar-refractivity contribution in [3.63, 3.8) is 0 Å². The van der Waals surface area contributed by atoms with Crippen molar-refractivity contribution in [2.45, 2.75) is 44.1 Å². The van der Waals surface area contributed by atoms with E-state index in [1.807, 2.05) is 24.3 Å². The van der Waals surface area contributed by atoms with Crippen LogP contribution in [-0.4, -0.2) is 29.0 Å². The van der Waals surface area contributed by atoms with Crippen LogP contribution in [0.1, 0.15) is 52.9 Å². The number of hydrogen-bond donors (Lipinski definition) is 1. The highest BCUT2D eigenvalue weighted by atomic mass is 16.6. The average Bonchev–Trinajstić information content (AvgIpc) is 2.94. The quantitative estimate of drug-likeness (QED) is 0.798. The molecule has 1 fully saturated rings. The molecule has 6 nitrogen and oxygen atoms in total. The Morgan fingerprint density at radius 3 is 2.69 bits per heavy atom. The standard InChI is InChI=1S/C20H21N3O3/c24-17-14-6-2-4-8-16(14)21-19(22-17)23-11-9-20(10-12-23)15-7-3-1-5-13(15)18(25)26-20/h1,3,5,7H,2,4,6,8-12H2,(H,21,22,24). The van der Waals surface area contributed by atoms with Crippen molar-refractivity contribution in [2.24, 2.45) is 0 Å². The monoisotopic (exact) mass is 351 g/mol. The van der Waals surface area contributed by atoms with Crippen LogP contribution in [0.4, 0.5) is 5.95 Å². The molecule has 1 aromatic carbocycles. The molecule has 0 radical (unpaired) electrons. The van der Waals surface area contributed by atoms with Crippen molar-refractivity contribution in [3.05, 3.63) is 57.0 Å². The van der Waals surface area contributed by atoms with Gasteiger partial charge in [-0.1, -0.05) is 18.2 Å². The summed E-state index contributed by atoms with van der Waals surface area (Å²) in [5.74, 6) is 0.428. The molecule has 5 rings (SSSR count). The molecule has 3 aliphatic rings. The SMILES string of the molecule is O=C1OC2(CCN(c3nc4c(c(=O)[nH]3)CCCC4)CC2)c2ccccc21. The van der Waals surface area contributed by atoms with Crippen molar-refractivity contribution >= 4 is 11.9 Å². The van der Waals surface area contributed by atoms with Crippen LogP contribution in [0, 0.1) is 0 Å². The third kappa shape index (κ3) is 2.28. The summed E-state index contributed by atoms with van der Waals surface area (Å²) in [6.45, 7) is 1.40. The molecule has 1 N–H and O–H groups in total. The molecule has 134 valence electrons. The van der Waals surface area contributed by atoms with Gasteiger partial charge >= 0.3 is 5.97 Å². The second-order valence-corrected chi connectivity index (χ2v) is 7.44. The molecule has 3 heterocycles. The number of nitrogens with zero attached hydrogens (tertiary/aromatic N) is 2. The number of rotatable bonds is 1. The van der Waals surface area contributed by atoms with Crippen molar-refractivity contribution in [3.8, 4) is 0 Å². The summed E-state index contributed by atoms with van der Waals surface area (Å²) in [7, 11) is 0. The summed E-state index contributed by atoms with van der Waals surface area (Å²) in [5, 5.41) is 0. The van der Waals surface area contributed by atoms with Gasteiger partial charge in [0, 0.05) is 37.1 Å². The lowest BCUT2D eigenvalue weighted by molar-refractivity contribution is -0.0211. The Morgan fingerprint density at radius 1 is 1.08 bits per heavy atom. The number of benzene rings is 1. The number of aromatic amines is 1. The van der Waals surface area contributed by atoms with E-state index >= 15 is 0 Å². The Morgan fingerprint density at radius 2 is 1.85 bits per heavy atom. The minimum Gasteiger partial charge on any atom is -0.450 e. The fourth-order valence-corrected chi connectivity index (χ4v) is 4.54. The Kier molecular flexibility index (Phi) is 3.42. The number of hydrogen-bond acceptors (Lipinski definition) is 5. The average molecular weight is 351 g/mol. The van der Waals surface area contributed by atoms with Crippen LogP contribution in [0.3, 0.4) is 0 Å². The topological polar surface area (TPSA) is 75.3 Å². The molecule has 0 bridgehead atoms. The number of esters is 1. The number of carbonyl (C=O) groups is 1. The van der Waals surface area contributed by atoms with E-state index in [-0.39, 0.29) is 11.5 Å². The van der Waals surface area contributed by atoms with E-state index in [2.05, 4.69) is 9.88 Å². The van der Waals surface area contributed by atoms with Crippen LogP contribution in [0.5, 0.6) is 0 Å². The van der Waals surface area contributed by atoms with E-state index in [1.54, 1.807) is 0 Å². The van der Waals surface area contributed by atoms with Gasteiger partial charge in [-0.2, -0.15) is 0 Å². The number of anilines is 1. The molecule has 6 heteroatoms. The molecule has 2 aliphatic heterocycles. The maximum absolute atomic E-state index is 12.4. The number of aryl methyl sites for hydroxylation is 1. The molecule has 1 aliphatic carbocycles. The summed E-state index contributed by atoms with van der Waals surface area (Å²) in [4.78, 5) is 34.4. The molecule has 26 heavy (non-hydrogen) atoms. The van der Waals surface area contributed by atoms with Crippen molar-refractivity contribution in [2.75, 3.05) is 18.0 Å². The van der Waals surface area contributed by atoms with Gasteiger partial charge < -0.3 is 9.64 Å². The van der Waals surface area contributed by atoms with Crippen LogP contribution in [0.15, 0.2) is 29.1 Å². The van der Waals surface area contributed by atoms with Crippen LogP contribution in [0.25, 0.3) is 0 Å². The van der Waals surface area contributed by atoms with Gasteiger partial charge in [0.2, 0.25) is 5.95 Å². The number of piperidine rings is 1. The second kappa shape index (κ2) is 5.69. The number of carbonyl (C=O) groups excluding carboxylic acids is 1. The lowest BCUT2D eigenvalue weighted by Gasteiger charge is -2.39. The van der Waals surface area contributed by atoms with Gasteiger partial charge in [0.15, 0.2) is 0 Å². The lowest BCUT2D eigenvalue weighted by Crippen LogP contribution is -2.44.